The van der Waals surface area contributed by atoms with Crippen LogP contribution in [-0.4, -0.2) is 30.0 Å². The Morgan fingerprint density at radius 1 is 1.37 bits per heavy atom. The average Bonchev–Trinajstić information content (AvgIpc) is 2.69. The first-order valence-electron chi connectivity index (χ1n) is 5.84. The molecule has 0 saturated heterocycles. The van der Waals surface area contributed by atoms with Gasteiger partial charge in [0.2, 0.25) is 0 Å². The van der Waals surface area contributed by atoms with E-state index in [1.165, 1.54) is 6.33 Å². The highest BCUT2D eigenvalue weighted by molar-refractivity contribution is 6.04. The number of carbonyl (C=O) groups is 1. The van der Waals surface area contributed by atoms with E-state index in [9.17, 15) is 4.79 Å². The average molecular weight is 260 g/mol. The number of aryl methyl sites for hydroxylation is 2. The fraction of sp³-hybridized carbons (Fsp3) is 0.308. The molecule has 2 aromatic heterocycles. The van der Waals surface area contributed by atoms with Gasteiger partial charge >= 0.3 is 0 Å². The number of hydrogen-bond acceptors (Lipinski definition) is 5. The zero-order valence-electron chi connectivity index (χ0n) is 11.4. The third-order valence-electron chi connectivity index (χ3n) is 2.61. The highest BCUT2D eigenvalue weighted by atomic mass is 16.3. The summed E-state index contributed by atoms with van der Waals surface area (Å²) in [5, 5.41) is 2.76. The van der Waals surface area contributed by atoms with E-state index in [0.717, 1.165) is 5.56 Å². The Bertz CT molecular complexity index is 604. The Hall–Kier alpha value is -2.37. The Labute approximate surface area is 111 Å². The molecule has 0 aromatic carbocycles. The van der Waals surface area contributed by atoms with Gasteiger partial charge in [-0.25, -0.2) is 9.97 Å². The number of amides is 1. The van der Waals surface area contributed by atoms with Crippen molar-refractivity contribution in [2.24, 2.45) is 0 Å². The molecule has 1 N–H and O–H groups in total. The first-order chi connectivity index (χ1) is 8.99. The van der Waals surface area contributed by atoms with Gasteiger partial charge in [0.25, 0.3) is 5.91 Å². The van der Waals surface area contributed by atoms with Crippen molar-refractivity contribution >= 4 is 17.4 Å². The van der Waals surface area contributed by atoms with Crippen LogP contribution < -0.4 is 10.2 Å². The summed E-state index contributed by atoms with van der Waals surface area (Å²) in [6.07, 6.45) is 3.00. The standard InChI is InChI=1S/C13H16N4O2/c1-8-5-9(2)19-11(8)13(18)16-10-6-14-7-15-12(10)17(3)4/h5-7H,1-4H3,(H,16,18). The number of anilines is 2. The number of aromatic nitrogens is 2. The third-order valence-corrected chi connectivity index (χ3v) is 2.61. The second-order valence-electron chi connectivity index (χ2n) is 4.48. The van der Waals surface area contributed by atoms with E-state index in [2.05, 4.69) is 15.3 Å². The van der Waals surface area contributed by atoms with E-state index < -0.39 is 0 Å². The van der Waals surface area contributed by atoms with Crippen LogP contribution in [0.15, 0.2) is 23.0 Å². The third kappa shape index (κ3) is 2.73. The van der Waals surface area contributed by atoms with Crippen LogP contribution in [0.3, 0.4) is 0 Å². The second kappa shape index (κ2) is 5.09. The summed E-state index contributed by atoms with van der Waals surface area (Å²) in [7, 11) is 3.69. The van der Waals surface area contributed by atoms with Gasteiger partial charge in [-0.3, -0.25) is 4.79 Å². The van der Waals surface area contributed by atoms with E-state index in [0.29, 0.717) is 23.0 Å². The van der Waals surface area contributed by atoms with Crippen LogP contribution in [0.5, 0.6) is 0 Å². The molecule has 2 heterocycles. The predicted molar refractivity (Wildman–Crippen MR) is 72.5 cm³/mol. The lowest BCUT2D eigenvalue weighted by Gasteiger charge is -2.15. The number of nitrogens with zero attached hydrogens (tertiary/aromatic N) is 3. The van der Waals surface area contributed by atoms with Crippen molar-refractivity contribution in [3.8, 4) is 0 Å². The van der Waals surface area contributed by atoms with Gasteiger partial charge in [-0.1, -0.05) is 0 Å². The molecule has 2 aromatic rings. The molecule has 0 atom stereocenters. The minimum absolute atomic E-state index is 0.302. The lowest BCUT2D eigenvalue weighted by atomic mass is 10.2. The van der Waals surface area contributed by atoms with Crippen molar-refractivity contribution in [2.75, 3.05) is 24.3 Å². The molecule has 100 valence electrons. The van der Waals surface area contributed by atoms with E-state index in [4.69, 9.17) is 4.42 Å². The van der Waals surface area contributed by atoms with Crippen LogP contribution in [0.4, 0.5) is 11.5 Å². The van der Waals surface area contributed by atoms with Crippen LogP contribution in [0.2, 0.25) is 0 Å². The van der Waals surface area contributed by atoms with Crippen LogP contribution in [0.25, 0.3) is 0 Å². The van der Waals surface area contributed by atoms with E-state index in [-0.39, 0.29) is 5.91 Å². The second-order valence-corrected chi connectivity index (χ2v) is 4.48. The monoisotopic (exact) mass is 260 g/mol. The quantitative estimate of drug-likeness (QED) is 0.914. The first-order valence-corrected chi connectivity index (χ1v) is 5.84. The molecule has 0 aliphatic rings. The minimum atomic E-state index is -0.302. The first kappa shape index (κ1) is 13.1. The zero-order valence-corrected chi connectivity index (χ0v) is 11.4. The molecule has 0 unspecified atom stereocenters. The maximum Gasteiger partial charge on any atom is 0.291 e. The van der Waals surface area contributed by atoms with Crippen molar-refractivity contribution in [2.45, 2.75) is 13.8 Å². The van der Waals surface area contributed by atoms with Gasteiger partial charge in [-0.05, 0) is 19.9 Å². The molecule has 0 bridgehead atoms. The van der Waals surface area contributed by atoms with Gasteiger partial charge < -0.3 is 14.6 Å². The van der Waals surface area contributed by atoms with Gasteiger partial charge in [-0.15, -0.1) is 0 Å². The molecule has 1 amide bonds. The van der Waals surface area contributed by atoms with E-state index in [1.54, 1.807) is 18.0 Å². The lowest BCUT2D eigenvalue weighted by molar-refractivity contribution is 0.0994. The van der Waals surface area contributed by atoms with Crippen molar-refractivity contribution in [1.82, 2.24) is 9.97 Å². The fourth-order valence-corrected chi connectivity index (χ4v) is 1.81. The highest BCUT2D eigenvalue weighted by Crippen LogP contribution is 2.21. The van der Waals surface area contributed by atoms with E-state index in [1.807, 2.05) is 27.1 Å². The Kier molecular flexibility index (Phi) is 3.50. The Balaban J connectivity index is 2.27. The molecule has 0 saturated carbocycles. The normalized spacial score (nSPS) is 10.3. The largest absolute Gasteiger partial charge is 0.456 e. The number of hydrogen-bond donors (Lipinski definition) is 1. The van der Waals surface area contributed by atoms with Crippen LogP contribution in [0, 0.1) is 13.8 Å². The molecule has 6 nitrogen and oxygen atoms in total. The van der Waals surface area contributed by atoms with Crippen molar-refractivity contribution in [3.05, 3.63) is 35.7 Å². The van der Waals surface area contributed by atoms with Gasteiger partial charge in [-0.2, -0.15) is 0 Å². The van der Waals surface area contributed by atoms with Gasteiger partial charge in [0.15, 0.2) is 11.6 Å². The summed E-state index contributed by atoms with van der Waals surface area (Å²) in [5.41, 5.74) is 1.35. The molecule has 0 spiro atoms. The number of nitrogens with one attached hydrogen (secondary N) is 1. The summed E-state index contributed by atoms with van der Waals surface area (Å²) in [4.78, 5) is 22.0. The molecule has 6 heteroatoms. The topological polar surface area (TPSA) is 71.3 Å². The van der Waals surface area contributed by atoms with Crippen LogP contribution >= 0.6 is 0 Å². The molecule has 2 rings (SSSR count). The van der Waals surface area contributed by atoms with Crippen LogP contribution in [0.1, 0.15) is 21.9 Å². The maximum absolute atomic E-state index is 12.1. The fourth-order valence-electron chi connectivity index (χ4n) is 1.81. The lowest BCUT2D eigenvalue weighted by Crippen LogP contribution is -2.18. The molecule has 19 heavy (non-hydrogen) atoms. The SMILES string of the molecule is Cc1cc(C)c(C(=O)Nc2cncnc2N(C)C)o1. The summed E-state index contributed by atoms with van der Waals surface area (Å²) < 4.78 is 5.38. The summed E-state index contributed by atoms with van der Waals surface area (Å²) in [6, 6.07) is 1.82. The maximum atomic E-state index is 12.1. The van der Waals surface area contributed by atoms with Crippen molar-refractivity contribution in [1.29, 1.82) is 0 Å². The van der Waals surface area contributed by atoms with Gasteiger partial charge in [0.1, 0.15) is 17.8 Å². The molecular weight excluding hydrogens is 244 g/mol. The van der Waals surface area contributed by atoms with Crippen LogP contribution in [-0.2, 0) is 0 Å². The number of rotatable bonds is 3. The van der Waals surface area contributed by atoms with Crippen molar-refractivity contribution in [3.63, 3.8) is 0 Å². The van der Waals surface area contributed by atoms with Gasteiger partial charge in [0.05, 0.1) is 6.20 Å². The molecule has 0 aliphatic carbocycles. The molecule has 0 radical (unpaired) electrons. The minimum Gasteiger partial charge on any atom is -0.456 e. The highest BCUT2D eigenvalue weighted by Gasteiger charge is 2.17. The molecular formula is C13H16N4O2. The van der Waals surface area contributed by atoms with E-state index >= 15 is 0 Å². The summed E-state index contributed by atoms with van der Waals surface area (Å²) in [5.74, 6) is 1.36. The summed E-state index contributed by atoms with van der Waals surface area (Å²) in [6.45, 7) is 3.64. The molecule has 0 aliphatic heterocycles. The number of carbonyl (C=O) groups excluding carboxylic acids is 1. The smallest absolute Gasteiger partial charge is 0.291 e. The summed E-state index contributed by atoms with van der Waals surface area (Å²) >= 11 is 0. The Morgan fingerprint density at radius 3 is 2.68 bits per heavy atom. The molecule has 0 fully saturated rings. The van der Waals surface area contributed by atoms with Gasteiger partial charge in [0, 0.05) is 19.7 Å². The predicted octanol–water partition coefficient (Wildman–Crippen LogP) is 2.00. The Morgan fingerprint density at radius 2 is 2.11 bits per heavy atom. The van der Waals surface area contributed by atoms with Crippen molar-refractivity contribution < 1.29 is 9.21 Å². The number of furan rings is 1. The zero-order chi connectivity index (χ0) is 14.0.